The molecule has 0 fully saturated rings. The molecule has 1 heterocycles. The van der Waals surface area contributed by atoms with Gasteiger partial charge in [-0.15, -0.1) is 0 Å². The molecule has 24 heavy (non-hydrogen) atoms. The van der Waals surface area contributed by atoms with Gasteiger partial charge in [0.25, 0.3) is 0 Å². The van der Waals surface area contributed by atoms with Gasteiger partial charge in [-0.25, -0.2) is 4.79 Å². The maximum Gasteiger partial charge on any atom is 0.319 e. The summed E-state index contributed by atoms with van der Waals surface area (Å²) in [7, 11) is 0. The van der Waals surface area contributed by atoms with Crippen molar-refractivity contribution in [3.05, 3.63) is 48.3 Å². The van der Waals surface area contributed by atoms with Gasteiger partial charge in [0.05, 0.1) is 6.54 Å². The fraction of sp³-hybridized carbons (Fsp3) is 0.444. The lowest BCUT2D eigenvalue weighted by molar-refractivity contribution is 0.237. The largest absolute Gasteiger partial charge is 0.396 e. The normalized spacial score (nSPS) is 11.9. The molecule has 3 N–H and O–H groups in total. The number of amides is 2. The molecule has 1 unspecified atom stereocenters. The standard InChI is InChI=1S/C18H26N4O2/c1-2-5-15(8-11-23)13-19-18(24)21-17-7-3-6-16(12-17)14-22-10-4-9-20-22/h3-4,6-7,9-10,12,15,23H,2,5,8,11,13-14H2,1H3,(H2,19,21,24). The number of urea groups is 1. The predicted molar refractivity (Wildman–Crippen MR) is 94.9 cm³/mol. The van der Waals surface area contributed by atoms with Crippen molar-refractivity contribution in [2.24, 2.45) is 5.92 Å². The number of hydrogen-bond acceptors (Lipinski definition) is 3. The number of aliphatic hydroxyl groups excluding tert-OH is 1. The van der Waals surface area contributed by atoms with Crippen LogP contribution in [0.1, 0.15) is 31.7 Å². The van der Waals surface area contributed by atoms with Crippen LogP contribution in [-0.2, 0) is 6.54 Å². The van der Waals surface area contributed by atoms with Crippen molar-refractivity contribution in [3.63, 3.8) is 0 Å². The number of nitrogens with zero attached hydrogens (tertiary/aromatic N) is 2. The van der Waals surface area contributed by atoms with Gasteiger partial charge in [0.15, 0.2) is 0 Å². The molecule has 2 rings (SSSR count). The fourth-order valence-electron chi connectivity index (χ4n) is 2.68. The van der Waals surface area contributed by atoms with Gasteiger partial charge in [-0.3, -0.25) is 4.68 Å². The van der Waals surface area contributed by atoms with E-state index in [2.05, 4.69) is 22.7 Å². The van der Waals surface area contributed by atoms with E-state index in [-0.39, 0.29) is 12.6 Å². The zero-order valence-corrected chi connectivity index (χ0v) is 14.1. The molecule has 0 radical (unpaired) electrons. The summed E-state index contributed by atoms with van der Waals surface area (Å²) in [6.07, 6.45) is 6.41. The second kappa shape index (κ2) is 9.72. The lowest BCUT2D eigenvalue weighted by Crippen LogP contribution is -2.33. The number of benzene rings is 1. The Balaban J connectivity index is 1.84. The van der Waals surface area contributed by atoms with Crippen LogP contribution in [0.25, 0.3) is 0 Å². The highest BCUT2D eigenvalue weighted by Gasteiger charge is 2.09. The first-order chi connectivity index (χ1) is 11.7. The summed E-state index contributed by atoms with van der Waals surface area (Å²) in [5.74, 6) is 0.317. The van der Waals surface area contributed by atoms with Crippen LogP contribution >= 0.6 is 0 Å². The van der Waals surface area contributed by atoms with Gasteiger partial charge < -0.3 is 15.7 Å². The van der Waals surface area contributed by atoms with Gasteiger partial charge in [0.1, 0.15) is 0 Å². The zero-order chi connectivity index (χ0) is 17.2. The Morgan fingerprint density at radius 1 is 1.33 bits per heavy atom. The molecule has 0 bridgehead atoms. The summed E-state index contributed by atoms with van der Waals surface area (Å²) in [4.78, 5) is 12.1. The third-order valence-corrected chi connectivity index (χ3v) is 3.87. The van der Waals surface area contributed by atoms with Crippen molar-refractivity contribution in [1.29, 1.82) is 0 Å². The van der Waals surface area contributed by atoms with Crippen molar-refractivity contribution in [2.75, 3.05) is 18.5 Å². The fourth-order valence-corrected chi connectivity index (χ4v) is 2.68. The first-order valence-electron chi connectivity index (χ1n) is 8.43. The maximum absolute atomic E-state index is 12.1. The lowest BCUT2D eigenvalue weighted by Gasteiger charge is -2.16. The average molecular weight is 330 g/mol. The van der Waals surface area contributed by atoms with Crippen LogP contribution in [0.2, 0.25) is 0 Å². The van der Waals surface area contributed by atoms with E-state index >= 15 is 0 Å². The third kappa shape index (κ3) is 6.04. The average Bonchev–Trinajstić information content (AvgIpc) is 3.06. The summed E-state index contributed by atoms with van der Waals surface area (Å²) in [5, 5.41) is 19.0. The summed E-state index contributed by atoms with van der Waals surface area (Å²) < 4.78 is 1.84. The molecule has 0 spiro atoms. The van der Waals surface area contributed by atoms with Gasteiger partial charge in [0, 0.05) is 31.2 Å². The highest BCUT2D eigenvalue weighted by atomic mass is 16.3. The Morgan fingerprint density at radius 2 is 2.21 bits per heavy atom. The highest BCUT2D eigenvalue weighted by Crippen LogP contribution is 2.12. The quantitative estimate of drug-likeness (QED) is 0.661. The van der Waals surface area contributed by atoms with Crippen molar-refractivity contribution in [2.45, 2.75) is 32.7 Å². The number of rotatable bonds is 9. The van der Waals surface area contributed by atoms with Gasteiger partial charge in [0.2, 0.25) is 0 Å². The molecule has 6 heteroatoms. The first-order valence-corrected chi connectivity index (χ1v) is 8.43. The van der Waals surface area contributed by atoms with E-state index < -0.39 is 0 Å². The maximum atomic E-state index is 12.1. The highest BCUT2D eigenvalue weighted by molar-refractivity contribution is 5.89. The van der Waals surface area contributed by atoms with Crippen molar-refractivity contribution in [1.82, 2.24) is 15.1 Å². The first kappa shape index (κ1) is 18.0. The minimum Gasteiger partial charge on any atom is -0.396 e. The Bertz CT molecular complexity index is 607. The molecule has 1 aromatic heterocycles. The van der Waals surface area contributed by atoms with Crippen LogP contribution in [0.4, 0.5) is 10.5 Å². The van der Waals surface area contributed by atoms with Crippen LogP contribution in [0.5, 0.6) is 0 Å². The van der Waals surface area contributed by atoms with E-state index in [4.69, 9.17) is 5.11 Å². The smallest absolute Gasteiger partial charge is 0.319 e. The van der Waals surface area contributed by atoms with Crippen LogP contribution in [0, 0.1) is 5.92 Å². The molecule has 0 aliphatic rings. The Kier molecular flexibility index (Phi) is 7.29. The Labute approximate surface area is 142 Å². The number of carbonyl (C=O) groups excluding carboxylic acids is 1. The van der Waals surface area contributed by atoms with E-state index in [0.29, 0.717) is 25.4 Å². The molecular formula is C18H26N4O2. The lowest BCUT2D eigenvalue weighted by atomic mass is 10.0. The topological polar surface area (TPSA) is 79.2 Å². The van der Waals surface area contributed by atoms with E-state index in [1.165, 1.54) is 0 Å². The molecule has 0 aliphatic carbocycles. The molecule has 0 saturated heterocycles. The van der Waals surface area contributed by atoms with E-state index in [1.54, 1.807) is 6.20 Å². The molecule has 130 valence electrons. The Morgan fingerprint density at radius 3 is 2.92 bits per heavy atom. The molecule has 0 aliphatic heterocycles. The number of aliphatic hydroxyl groups is 1. The minimum absolute atomic E-state index is 0.156. The van der Waals surface area contributed by atoms with E-state index in [0.717, 1.165) is 24.1 Å². The van der Waals surface area contributed by atoms with Crippen molar-refractivity contribution in [3.8, 4) is 0 Å². The molecule has 1 atom stereocenters. The minimum atomic E-state index is -0.217. The van der Waals surface area contributed by atoms with Gasteiger partial charge in [-0.2, -0.15) is 5.10 Å². The number of aromatic nitrogens is 2. The Hall–Kier alpha value is -2.34. The summed E-state index contributed by atoms with van der Waals surface area (Å²) in [6.45, 7) is 3.51. The van der Waals surface area contributed by atoms with Crippen LogP contribution < -0.4 is 10.6 Å². The molecule has 1 aromatic carbocycles. The van der Waals surface area contributed by atoms with Crippen LogP contribution in [0.3, 0.4) is 0 Å². The van der Waals surface area contributed by atoms with E-state index in [9.17, 15) is 4.79 Å². The molecular weight excluding hydrogens is 304 g/mol. The van der Waals surface area contributed by atoms with Crippen molar-refractivity contribution >= 4 is 11.7 Å². The number of carbonyl (C=O) groups is 1. The summed E-state index contributed by atoms with van der Waals surface area (Å²) >= 11 is 0. The number of anilines is 1. The number of hydrogen-bond donors (Lipinski definition) is 3. The molecule has 2 aromatic rings. The van der Waals surface area contributed by atoms with E-state index in [1.807, 2.05) is 41.2 Å². The second-order valence-corrected chi connectivity index (χ2v) is 5.91. The molecule has 2 amide bonds. The predicted octanol–water partition coefficient (Wildman–Crippen LogP) is 2.85. The monoisotopic (exact) mass is 330 g/mol. The van der Waals surface area contributed by atoms with Gasteiger partial charge in [-0.1, -0.05) is 25.5 Å². The summed E-state index contributed by atoms with van der Waals surface area (Å²) in [5.41, 5.74) is 1.83. The summed E-state index contributed by atoms with van der Waals surface area (Å²) in [6, 6.07) is 9.39. The second-order valence-electron chi connectivity index (χ2n) is 5.91. The van der Waals surface area contributed by atoms with Crippen LogP contribution in [-0.4, -0.2) is 34.1 Å². The number of nitrogens with one attached hydrogen (secondary N) is 2. The molecule has 6 nitrogen and oxygen atoms in total. The SMILES string of the molecule is CCCC(CCO)CNC(=O)Nc1cccc(Cn2cccn2)c1. The van der Waals surface area contributed by atoms with Gasteiger partial charge in [-0.05, 0) is 42.5 Å². The van der Waals surface area contributed by atoms with Crippen molar-refractivity contribution < 1.29 is 9.90 Å². The third-order valence-electron chi connectivity index (χ3n) is 3.87. The van der Waals surface area contributed by atoms with Crippen LogP contribution in [0.15, 0.2) is 42.7 Å². The zero-order valence-electron chi connectivity index (χ0n) is 14.1. The van der Waals surface area contributed by atoms with Gasteiger partial charge >= 0.3 is 6.03 Å². The molecule has 0 saturated carbocycles.